The molecule has 0 bridgehead atoms. The summed E-state index contributed by atoms with van der Waals surface area (Å²) in [5, 5.41) is 0. The minimum absolute atomic E-state index is 0.363. The van der Waals surface area contributed by atoms with Crippen molar-refractivity contribution >= 4 is 5.78 Å². The third-order valence-electron chi connectivity index (χ3n) is 4.22. The summed E-state index contributed by atoms with van der Waals surface area (Å²) in [4.78, 5) is 12.2. The molecular weight excluding hydrogens is 184 g/mol. The minimum Gasteiger partial charge on any atom is -0.294 e. The number of allylic oxidation sites excluding steroid dienone is 4. The van der Waals surface area contributed by atoms with Crippen LogP contribution in [0, 0.1) is 18.3 Å². The van der Waals surface area contributed by atoms with Crippen LogP contribution < -0.4 is 0 Å². The van der Waals surface area contributed by atoms with Gasteiger partial charge in [0, 0.05) is 12.3 Å². The van der Waals surface area contributed by atoms with E-state index in [0.717, 1.165) is 18.4 Å². The molecule has 1 heteroatoms. The Morgan fingerprint density at radius 2 is 2.00 bits per heavy atom. The summed E-state index contributed by atoms with van der Waals surface area (Å²) in [5.74, 6) is 1.46. The molecule has 0 aromatic carbocycles. The third-order valence-corrected chi connectivity index (χ3v) is 4.22. The van der Waals surface area contributed by atoms with E-state index in [2.05, 4.69) is 12.5 Å². The van der Waals surface area contributed by atoms with Crippen molar-refractivity contribution in [3.05, 3.63) is 29.2 Å². The Morgan fingerprint density at radius 1 is 1.27 bits per heavy atom. The zero-order valence-electron chi connectivity index (χ0n) is 9.25. The molecule has 1 radical (unpaired) electrons. The van der Waals surface area contributed by atoms with E-state index in [0.29, 0.717) is 17.6 Å². The summed E-state index contributed by atoms with van der Waals surface area (Å²) in [6.07, 6.45) is 10.4. The lowest BCUT2D eigenvalue weighted by Crippen LogP contribution is -2.32. The maximum atomic E-state index is 12.2. The standard InChI is InChI=1S/C14H17O/c1-9-13(10-6-7-10)8-11-4-2-3-5-12(11)14(9)15/h6-7,11-12H,2-5,8H2,1H3. The van der Waals surface area contributed by atoms with E-state index in [1.165, 1.54) is 30.4 Å². The van der Waals surface area contributed by atoms with Gasteiger partial charge in [0.1, 0.15) is 0 Å². The van der Waals surface area contributed by atoms with Crippen molar-refractivity contribution in [3.8, 4) is 0 Å². The van der Waals surface area contributed by atoms with Crippen LogP contribution in [0.5, 0.6) is 0 Å². The number of carbonyl (C=O) groups is 1. The predicted molar refractivity (Wildman–Crippen MR) is 60.2 cm³/mol. The lowest BCUT2D eigenvalue weighted by molar-refractivity contribution is -0.122. The highest BCUT2D eigenvalue weighted by Gasteiger charge is 2.38. The Bertz CT molecular complexity index is 373. The van der Waals surface area contributed by atoms with E-state index in [1.54, 1.807) is 0 Å². The van der Waals surface area contributed by atoms with Gasteiger partial charge in [-0.05, 0) is 48.8 Å². The second kappa shape index (κ2) is 3.33. The van der Waals surface area contributed by atoms with Gasteiger partial charge in [0.05, 0.1) is 0 Å². The third kappa shape index (κ3) is 1.49. The summed E-state index contributed by atoms with van der Waals surface area (Å²) in [6, 6.07) is 0. The van der Waals surface area contributed by atoms with Crippen LogP contribution in [0.1, 0.15) is 39.0 Å². The fourth-order valence-electron chi connectivity index (χ4n) is 3.22. The van der Waals surface area contributed by atoms with Gasteiger partial charge in [0.2, 0.25) is 0 Å². The van der Waals surface area contributed by atoms with Gasteiger partial charge >= 0.3 is 0 Å². The van der Waals surface area contributed by atoms with Crippen LogP contribution in [0.4, 0.5) is 0 Å². The van der Waals surface area contributed by atoms with E-state index in [4.69, 9.17) is 0 Å². The first kappa shape index (κ1) is 9.38. The first-order chi connectivity index (χ1) is 7.27. The molecule has 0 spiro atoms. The summed E-state index contributed by atoms with van der Waals surface area (Å²) in [7, 11) is 0. The molecule has 2 atom stereocenters. The van der Waals surface area contributed by atoms with Crippen molar-refractivity contribution in [3.63, 3.8) is 0 Å². The molecule has 79 valence electrons. The zero-order valence-corrected chi connectivity index (χ0v) is 9.25. The lowest BCUT2D eigenvalue weighted by atomic mass is 9.68. The normalized spacial score (nSPS) is 35.0. The maximum Gasteiger partial charge on any atom is 0.162 e. The largest absolute Gasteiger partial charge is 0.294 e. The highest BCUT2D eigenvalue weighted by Crippen LogP contribution is 2.45. The number of hydrogen-bond acceptors (Lipinski definition) is 1. The highest BCUT2D eigenvalue weighted by atomic mass is 16.1. The average Bonchev–Trinajstić information content (AvgIpc) is 3.07. The molecule has 2 unspecified atom stereocenters. The molecule has 1 fully saturated rings. The zero-order chi connectivity index (χ0) is 10.4. The van der Waals surface area contributed by atoms with Crippen LogP contribution in [0.3, 0.4) is 0 Å². The van der Waals surface area contributed by atoms with Crippen LogP contribution in [-0.2, 0) is 4.79 Å². The fraction of sp³-hybridized carbons (Fsp3) is 0.571. The molecule has 3 rings (SSSR count). The van der Waals surface area contributed by atoms with Crippen molar-refractivity contribution in [1.29, 1.82) is 0 Å². The molecule has 1 saturated carbocycles. The first-order valence-corrected chi connectivity index (χ1v) is 6.07. The van der Waals surface area contributed by atoms with Crippen LogP contribution in [0.25, 0.3) is 0 Å². The van der Waals surface area contributed by atoms with Crippen molar-refractivity contribution < 1.29 is 4.79 Å². The monoisotopic (exact) mass is 201 g/mol. The molecular formula is C14H17O. The van der Waals surface area contributed by atoms with Gasteiger partial charge in [-0.15, -0.1) is 0 Å². The van der Waals surface area contributed by atoms with Gasteiger partial charge < -0.3 is 0 Å². The predicted octanol–water partition coefficient (Wildman–Crippen LogP) is 3.23. The number of hydrogen-bond donors (Lipinski definition) is 0. The Kier molecular flexibility index (Phi) is 2.08. The van der Waals surface area contributed by atoms with Gasteiger partial charge in [-0.25, -0.2) is 0 Å². The number of ketones is 1. The topological polar surface area (TPSA) is 17.1 Å². The van der Waals surface area contributed by atoms with Crippen LogP contribution in [0.15, 0.2) is 22.8 Å². The van der Waals surface area contributed by atoms with Crippen molar-refractivity contribution in [2.75, 3.05) is 0 Å². The van der Waals surface area contributed by atoms with E-state index < -0.39 is 0 Å². The number of rotatable bonds is 1. The second-order valence-corrected chi connectivity index (χ2v) is 5.11. The van der Waals surface area contributed by atoms with E-state index in [1.807, 2.05) is 6.92 Å². The summed E-state index contributed by atoms with van der Waals surface area (Å²) in [6.45, 7) is 2.02. The Labute approximate surface area is 91.2 Å². The molecule has 0 aliphatic heterocycles. The number of fused-ring (bicyclic) bond motifs is 1. The molecule has 0 amide bonds. The summed E-state index contributed by atoms with van der Waals surface area (Å²) >= 11 is 0. The fourth-order valence-corrected chi connectivity index (χ4v) is 3.22. The lowest BCUT2D eigenvalue weighted by Gasteiger charge is -2.35. The van der Waals surface area contributed by atoms with Crippen LogP contribution in [-0.4, -0.2) is 5.78 Å². The molecule has 0 heterocycles. The quantitative estimate of drug-likeness (QED) is 0.636. The van der Waals surface area contributed by atoms with Gasteiger partial charge in [0.15, 0.2) is 5.78 Å². The Morgan fingerprint density at radius 3 is 2.73 bits per heavy atom. The SMILES string of the molecule is CC1=C(C2=C[CH]2)CC2CCCCC2C1=O. The van der Waals surface area contributed by atoms with E-state index in [9.17, 15) is 4.79 Å². The van der Waals surface area contributed by atoms with E-state index in [-0.39, 0.29) is 0 Å². The Hall–Kier alpha value is -0.850. The smallest absolute Gasteiger partial charge is 0.162 e. The molecule has 0 N–H and O–H groups in total. The number of Topliss-reactive ketones (excluding diaryl/α,β-unsaturated/α-hetero) is 1. The summed E-state index contributed by atoms with van der Waals surface area (Å²) in [5.41, 5.74) is 3.74. The molecule has 3 aliphatic rings. The first-order valence-electron chi connectivity index (χ1n) is 6.07. The summed E-state index contributed by atoms with van der Waals surface area (Å²) < 4.78 is 0. The minimum atomic E-state index is 0.363. The van der Waals surface area contributed by atoms with Gasteiger partial charge in [-0.3, -0.25) is 4.79 Å². The van der Waals surface area contributed by atoms with E-state index >= 15 is 0 Å². The van der Waals surface area contributed by atoms with Crippen LogP contribution in [0.2, 0.25) is 0 Å². The maximum absolute atomic E-state index is 12.2. The highest BCUT2D eigenvalue weighted by molar-refractivity contribution is 5.99. The Balaban J connectivity index is 1.93. The second-order valence-electron chi connectivity index (χ2n) is 5.11. The number of carbonyl (C=O) groups excluding carboxylic acids is 1. The van der Waals surface area contributed by atoms with Crippen molar-refractivity contribution in [2.45, 2.75) is 39.0 Å². The van der Waals surface area contributed by atoms with Crippen molar-refractivity contribution in [2.24, 2.45) is 11.8 Å². The molecule has 0 aromatic rings. The van der Waals surface area contributed by atoms with Gasteiger partial charge in [-0.1, -0.05) is 18.9 Å². The molecule has 1 nitrogen and oxygen atoms in total. The average molecular weight is 201 g/mol. The van der Waals surface area contributed by atoms with Crippen LogP contribution >= 0.6 is 0 Å². The molecule has 3 aliphatic carbocycles. The van der Waals surface area contributed by atoms with Gasteiger partial charge in [-0.2, -0.15) is 0 Å². The molecule has 0 aromatic heterocycles. The molecule has 15 heavy (non-hydrogen) atoms. The van der Waals surface area contributed by atoms with Gasteiger partial charge in [0.25, 0.3) is 0 Å². The molecule has 0 saturated heterocycles. The van der Waals surface area contributed by atoms with Crippen molar-refractivity contribution in [1.82, 2.24) is 0 Å².